The fourth-order valence-electron chi connectivity index (χ4n) is 7.66. The highest BCUT2D eigenvalue weighted by molar-refractivity contribution is 7.89. The minimum Gasteiger partial charge on any atom is -0.306 e. The van der Waals surface area contributed by atoms with E-state index in [1.54, 1.807) is 7.05 Å². The van der Waals surface area contributed by atoms with Crippen molar-refractivity contribution in [3.05, 3.63) is 0 Å². The number of sulfonamides is 1. The maximum atomic E-state index is 10.9. The van der Waals surface area contributed by atoms with Crippen LogP contribution < -0.4 is 0 Å². The van der Waals surface area contributed by atoms with Crippen molar-refractivity contribution >= 4 is 10.0 Å². The third kappa shape index (κ3) is 33.1. The molecule has 0 unspecified atom stereocenters. The van der Waals surface area contributed by atoms with Crippen LogP contribution in [0.15, 0.2) is 0 Å². The van der Waals surface area contributed by atoms with Crippen LogP contribution >= 0.6 is 0 Å². The molecule has 13 nitrogen and oxygen atoms in total. The van der Waals surface area contributed by atoms with E-state index in [1.807, 2.05) is 0 Å². The number of piperazine rings is 3. The highest BCUT2D eigenvalue weighted by Crippen LogP contribution is 2.10. The summed E-state index contributed by atoms with van der Waals surface area (Å²) < 4.78 is 23.2. The lowest BCUT2D eigenvalue weighted by molar-refractivity contribution is 0.181. The minimum absolute atomic E-state index is 0.337. The molecule has 0 radical (unpaired) electrons. The topological polar surface area (TPSA) is 69.8 Å². The van der Waals surface area contributed by atoms with Crippen molar-refractivity contribution in [2.45, 2.75) is 83.5 Å². The average molecular weight is 874 g/mol. The minimum atomic E-state index is -2.83. The summed E-state index contributed by atoms with van der Waals surface area (Å²) in [5.74, 6) is 0.337. The Kier molecular flexibility index (Phi) is 34.3. The van der Waals surface area contributed by atoms with Crippen molar-refractivity contribution < 1.29 is 8.42 Å². The van der Waals surface area contributed by atoms with Gasteiger partial charge in [0, 0.05) is 92.1 Å². The van der Waals surface area contributed by atoms with E-state index in [0.717, 1.165) is 12.8 Å². The summed E-state index contributed by atoms with van der Waals surface area (Å²) in [5.41, 5.74) is 0. The lowest BCUT2D eigenvalue weighted by Crippen LogP contribution is -2.42. The van der Waals surface area contributed by atoms with E-state index >= 15 is 0 Å². The Morgan fingerprint density at radius 3 is 0.500 bits per heavy atom. The van der Waals surface area contributed by atoms with Gasteiger partial charge in [-0.05, 0) is 187 Å². The van der Waals surface area contributed by atoms with Crippen molar-refractivity contribution in [1.29, 1.82) is 0 Å². The first-order valence-electron chi connectivity index (χ1n) is 24.4. The Balaban J connectivity index is 0.000000344. The molecule has 0 aliphatic carbocycles. The third-order valence-electron chi connectivity index (χ3n) is 12.8. The van der Waals surface area contributed by atoms with Crippen molar-refractivity contribution in [2.75, 3.05) is 221 Å². The van der Waals surface area contributed by atoms with Crippen molar-refractivity contribution in [3.8, 4) is 0 Å². The van der Waals surface area contributed by atoms with Gasteiger partial charge in [-0.2, -0.15) is 0 Å². The highest BCUT2D eigenvalue weighted by atomic mass is 32.2. The summed E-state index contributed by atoms with van der Waals surface area (Å²) >= 11 is 0. The van der Waals surface area contributed by atoms with Gasteiger partial charge in [0.05, 0.1) is 5.75 Å². The molecule has 8 saturated heterocycles. The van der Waals surface area contributed by atoms with E-state index in [9.17, 15) is 8.42 Å². The molecule has 0 aromatic carbocycles. The molecule has 8 rings (SSSR count). The van der Waals surface area contributed by atoms with Crippen LogP contribution in [0.5, 0.6) is 0 Å². The number of piperidine rings is 3. The van der Waals surface area contributed by atoms with E-state index in [1.165, 1.54) is 206 Å². The zero-order valence-corrected chi connectivity index (χ0v) is 42.7. The largest absolute Gasteiger partial charge is 0.306 e. The number of hydrogen-bond acceptors (Lipinski definition) is 12. The number of likely N-dealkylation sites (tertiary alicyclic amines) is 4. The summed E-state index contributed by atoms with van der Waals surface area (Å²) in [6.45, 7) is 26.0. The molecule has 0 amide bonds. The fraction of sp³-hybridized carbons (Fsp3) is 1.00. The summed E-state index contributed by atoms with van der Waals surface area (Å²) in [5, 5.41) is 0. The molecule has 0 atom stereocenters. The van der Waals surface area contributed by atoms with Crippen LogP contribution in [0.3, 0.4) is 0 Å². The second-order valence-corrected chi connectivity index (χ2v) is 21.5. The maximum Gasteiger partial charge on any atom is 0.213 e. The van der Waals surface area contributed by atoms with Crippen LogP contribution in [-0.4, -0.2) is 282 Å². The van der Waals surface area contributed by atoms with Crippen LogP contribution in [0.4, 0.5) is 0 Å². The maximum absolute atomic E-state index is 10.9. The standard InChI is InChI=1S/3C6H14N2.3C6H13N.C5H11NO2S.C5H11N/c3*1-7-3-5-8(2)6-4-7;3*1-7-5-3-2-4-6-7;1-6-4-2-3-5-9(6,7)8;1-6-4-2-3-5-6/h3*3-6H2,1-2H3;3*2-6H2,1H3;2-5H2,1H3;2-5H2,1H3. The van der Waals surface area contributed by atoms with Gasteiger partial charge in [-0.1, -0.05) is 19.3 Å². The zero-order chi connectivity index (χ0) is 44.6. The molecular weight excluding hydrogens is 771 g/mol. The van der Waals surface area contributed by atoms with Crippen LogP contribution in [0.2, 0.25) is 0 Å². The number of nitrogens with zero attached hydrogens (tertiary/aromatic N) is 11. The Morgan fingerprint density at radius 1 is 0.217 bits per heavy atom. The van der Waals surface area contributed by atoms with Gasteiger partial charge in [0.2, 0.25) is 10.0 Å². The monoisotopic (exact) mass is 874 g/mol. The summed E-state index contributed by atoms with van der Waals surface area (Å²) in [7, 11) is 20.6. The molecule has 0 saturated carbocycles. The van der Waals surface area contributed by atoms with E-state index in [0.29, 0.717) is 12.3 Å². The summed E-state index contributed by atoms with van der Waals surface area (Å²) in [6, 6.07) is 0. The van der Waals surface area contributed by atoms with Crippen molar-refractivity contribution in [1.82, 2.24) is 53.3 Å². The summed E-state index contributed by atoms with van der Waals surface area (Å²) in [6.07, 6.45) is 17.5. The fourth-order valence-corrected chi connectivity index (χ4v) is 8.95. The van der Waals surface area contributed by atoms with Crippen molar-refractivity contribution in [3.63, 3.8) is 0 Å². The first kappa shape index (κ1) is 57.5. The molecule has 8 aliphatic rings. The molecule has 8 heterocycles. The molecule has 0 spiro atoms. The van der Waals surface area contributed by atoms with Gasteiger partial charge in [0.1, 0.15) is 0 Å². The zero-order valence-electron chi connectivity index (χ0n) is 41.9. The molecule has 60 heavy (non-hydrogen) atoms. The van der Waals surface area contributed by atoms with Gasteiger partial charge < -0.3 is 49.0 Å². The smallest absolute Gasteiger partial charge is 0.213 e. The summed E-state index contributed by atoms with van der Waals surface area (Å²) in [4.78, 5) is 23.7. The molecular formula is C46H103N11O2S. The average Bonchev–Trinajstić information content (AvgIpc) is 3.73. The van der Waals surface area contributed by atoms with Gasteiger partial charge in [0.25, 0.3) is 0 Å². The number of hydrogen-bond donors (Lipinski definition) is 0. The van der Waals surface area contributed by atoms with Gasteiger partial charge in [-0.3, -0.25) is 0 Å². The van der Waals surface area contributed by atoms with Crippen LogP contribution in [0.25, 0.3) is 0 Å². The van der Waals surface area contributed by atoms with E-state index in [4.69, 9.17) is 0 Å². The second kappa shape index (κ2) is 35.8. The SMILES string of the molecule is CN1CCCC1.CN1CCCCC1.CN1CCCCC1.CN1CCCCC1.CN1CCCCS1(=O)=O.CN1CCN(C)CC1.CN1CCN(C)CC1.CN1CCN(C)CC1. The van der Waals surface area contributed by atoms with Gasteiger partial charge in [0.15, 0.2) is 0 Å². The quantitative estimate of drug-likeness (QED) is 0.358. The first-order chi connectivity index (χ1) is 28.6. The Hall–Kier alpha value is -0.490. The predicted molar refractivity (Wildman–Crippen MR) is 261 cm³/mol. The van der Waals surface area contributed by atoms with E-state index in [-0.39, 0.29) is 0 Å². The van der Waals surface area contributed by atoms with E-state index < -0.39 is 10.0 Å². The molecule has 8 fully saturated rings. The lowest BCUT2D eigenvalue weighted by atomic mass is 10.1. The van der Waals surface area contributed by atoms with Crippen LogP contribution in [0, 0.1) is 0 Å². The highest BCUT2D eigenvalue weighted by Gasteiger charge is 2.21. The van der Waals surface area contributed by atoms with Gasteiger partial charge in [-0.15, -0.1) is 0 Å². The molecule has 360 valence electrons. The Bertz CT molecular complexity index is 929. The molecule has 8 aliphatic heterocycles. The Labute approximate surface area is 374 Å². The van der Waals surface area contributed by atoms with Gasteiger partial charge >= 0.3 is 0 Å². The number of likely N-dealkylation sites (N-methyl/N-ethyl adjacent to an activating group) is 6. The lowest BCUT2D eigenvalue weighted by Gasteiger charge is -2.28. The van der Waals surface area contributed by atoms with E-state index in [2.05, 4.69) is 119 Å². The molecule has 0 aromatic heterocycles. The van der Waals surface area contributed by atoms with Crippen LogP contribution in [0.1, 0.15) is 83.5 Å². The van der Waals surface area contributed by atoms with Crippen molar-refractivity contribution in [2.24, 2.45) is 0 Å². The molecule has 14 heteroatoms. The second-order valence-electron chi connectivity index (χ2n) is 19.3. The Morgan fingerprint density at radius 2 is 0.383 bits per heavy atom. The normalized spacial score (nSPS) is 26.1. The predicted octanol–water partition coefficient (Wildman–Crippen LogP) is 3.65. The van der Waals surface area contributed by atoms with Gasteiger partial charge in [-0.25, -0.2) is 12.7 Å². The molecule has 0 bridgehead atoms. The molecule has 0 aromatic rings. The van der Waals surface area contributed by atoms with Crippen LogP contribution in [-0.2, 0) is 10.0 Å². The third-order valence-corrected chi connectivity index (χ3v) is 14.8. The molecule has 0 N–H and O–H groups in total. The first-order valence-corrected chi connectivity index (χ1v) is 26.0. The number of rotatable bonds is 0.